The molecule has 1 aromatic carbocycles. The third-order valence-corrected chi connectivity index (χ3v) is 21.6. The molecule has 3 aromatic heterocycles. The summed E-state index contributed by atoms with van der Waals surface area (Å²) < 4.78 is 31.7. The Kier molecular flexibility index (Phi) is 11.0. The summed E-state index contributed by atoms with van der Waals surface area (Å²) in [5, 5.41) is 6.04. The lowest BCUT2D eigenvalue weighted by atomic mass is 9.76. The number of rotatable bonds is 11. The molecular formula is C39H59N5O3SSi2. The number of benzene rings is 1. The molecule has 8 nitrogen and oxygen atoms in total. The Bertz CT molecular complexity index is 1780. The van der Waals surface area contributed by atoms with E-state index in [2.05, 4.69) is 103 Å². The number of aromatic nitrogens is 4. The van der Waals surface area contributed by atoms with Crippen LogP contribution in [-0.2, 0) is 26.8 Å². The largest absolute Gasteiger partial charge is 0.598 e. The van der Waals surface area contributed by atoms with Crippen molar-refractivity contribution in [3.63, 3.8) is 0 Å². The van der Waals surface area contributed by atoms with Crippen LogP contribution in [0, 0.1) is 5.92 Å². The lowest BCUT2D eigenvalue weighted by Gasteiger charge is -2.46. The summed E-state index contributed by atoms with van der Waals surface area (Å²) in [6.45, 7) is 29.2. The average Bonchev–Trinajstić information content (AvgIpc) is 3.43. The van der Waals surface area contributed by atoms with Crippen LogP contribution in [-0.4, -0.2) is 51.8 Å². The average molecular weight is 734 g/mol. The fraction of sp³-hybridized carbons (Fsp3) is 0.564. The SMILES string of the molecule is CC(C)(C)[S@@+]([O-])N[C@@H](c1cccc(-c2ccc3cnn(-c4cccc(CO[Si](C)(C)C(C)(C)C)n4)c3c2)n1)C1CC(O[Si](C)(C)C(C)(C)C)C1. The summed E-state index contributed by atoms with van der Waals surface area (Å²) in [5.41, 5.74) is 4.60. The second-order valence-corrected chi connectivity index (χ2v) is 29.6. The van der Waals surface area contributed by atoms with Gasteiger partial charge in [-0.25, -0.2) is 9.67 Å². The summed E-state index contributed by atoms with van der Waals surface area (Å²) >= 11 is -1.25. The Labute approximate surface area is 305 Å². The predicted octanol–water partition coefficient (Wildman–Crippen LogP) is 9.90. The van der Waals surface area contributed by atoms with Crippen LogP contribution in [0.5, 0.6) is 0 Å². The van der Waals surface area contributed by atoms with Gasteiger partial charge in [-0.05, 0) is 106 Å². The van der Waals surface area contributed by atoms with Crippen LogP contribution >= 0.6 is 0 Å². The number of nitrogens with zero attached hydrogens (tertiary/aromatic N) is 4. The highest BCUT2D eigenvalue weighted by Gasteiger charge is 2.46. The maximum absolute atomic E-state index is 13.5. The Morgan fingerprint density at radius 1 is 0.880 bits per heavy atom. The lowest BCUT2D eigenvalue weighted by Crippen LogP contribution is -2.51. The van der Waals surface area contributed by atoms with Crippen molar-refractivity contribution in [2.75, 3.05) is 0 Å². The van der Waals surface area contributed by atoms with Crippen LogP contribution in [0.2, 0.25) is 36.3 Å². The third-order valence-electron chi connectivity index (χ3n) is 11.0. The highest BCUT2D eigenvalue weighted by atomic mass is 32.2. The van der Waals surface area contributed by atoms with Crippen LogP contribution in [0.1, 0.15) is 92.6 Å². The number of fused-ring (bicyclic) bond motifs is 1. The summed E-state index contributed by atoms with van der Waals surface area (Å²) in [4.78, 5) is 10.2. The quantitative estimate of drug-likeness (QED) is 0.121. The molecule has 5 rings (SSSR count). The first-order chi connectivity index (χ1) is 23.1. The van der Waals surface area contributed by atoms with E-state index in [1.54, 1.807) is 0 Å². The normalized spacial score (nSPS) is 19.0. The van der Waals surface area contributed by atoms with Gasteiger partial charge in [-0.1, -0.05) is 65.8 Å². The number of hydrogen-bond acceptors (Lipinski definition) is 7. The van der Waals surface area contributed by atoms with E-state index in [1.165, 1.54) is 0 Å². The van der Waals surface area contributed by atoms with E-state index in [4.69, 9.17) is 23.9 Å². The summed E-state index contributed by atoms with van der Waals surface area (Å²) in [5.74, 6) is 1.03. The van der Waals surface area contributed by atoms with Crippen LogP contribution < -0.4 is 4.72 Å². The zero-order valence-electron chi connectivity index (χ0n) is 32.5. The Hall–Kier alpha value is -2.39. The van der Waals surface area contributed by atoms with Crippen LogP contribution in [0.3, 0.4) is 0 Å². The Balaban J connectivity index is 1.41. The van der Waals surface area contributed by atoms with Gasteiger partial charge in [0.05, 0.1) is 41.4 Å². The molecule has 3 heterocycles. The van der Waals surface area contributed by atoms with Crippen molar-refractivity contribution in [3.8, 4) is 17.1 Å². The molecule has 4 aromatic rings. The van der Waals surface area contributed by atoms with Gasteiger partial charge < -0.3 is 13.4 Å². The molecule has 1 saturated carbocycles. The predicted molar refractivity (Wildman–Crippen MR) is 213 cm³/mol. The molecule has 0 radical (unpaired) electrons. The molecule has 50 heavy (non-hydrogen) atoms. The van der Waals surface area contributed by atoms with Crippen molar-refractivity contribution in [3.05, 3.63) is 72.2 Å². The smallest absolute Gasteiger partial charge is 0.192 e. The van der Waals surface area contributed by atoms with E-state index in [1.807, 2.05) is 55.9 Å². The van der Waals surface area contributed by atoms with Gasteiger partial charge in [-0.15, -0.1) is 4.72 Å². The van der Waals surface area contributed by atoms with Crippen molar-refractivity contribution in [2.45, 2.75) is 135 Å². The van der Waals surface area contributed by atoms with Crippen molar-refractivity contribution in [1.29, 1.82) is 0 Å². The third kappa shape index (κ3) is 8.62. The first kappa shape index (κ1) is 38.8. The summed E-state index contributed by atoms with van der Waals surface area (Å²) in [6.07, 6.45) is 3.96. The van der Waals surface area contributed by atoms with Gasteiger partial charge in [0.15, 0.2) is 22.5 Å². The topological polar surface area (TPSA) is 97.2 Å². The van der Waals surface area contributed by atoms with E-state index in [9.17, 15) is 4.55 Å². The molecule has 11 heteroatoms. The zero-order chi connectivity index (χ0) is 36.9. The van der Waals surface area contributed by atoms with Gasteiger partial charge >= 0.3 is 0 Å². The lowest BCUT2D eigenvalue weighted by molar-refractivity contribution is 0.0365. The van der Waals surface area contributed by atoms with Gasteiger partial charge in [0.1, 0.15) is 4.75 Å². The second-order valence-electron chi connectivity index (χ2n) is 18.0. The fourth-order valence-corrected chi connectivity index (χ4v) is 8.76. The van der Waals surface area contributed by atoms with E-state index in [0.29, 0.717) is 6.61 Å². The number of pyridine rings is 2. The molecule has 0 spiro atoms. The number of hydrogen-bond donors (Lipinski definition) is 1. The molecule has 272 valence electrons. The molecule has 0 saturated heterocycles. The monoisotopic (exact) mass is 733 g/mol. The molecule has 0 amide bonds. The molecule has 0 bridgehead atoms. The first-order valence-corrected chi connectivity index (χ1v) is 24.9. The molecular weight excluding hydrogens is 675 g/mol. The second kappa shape index (κ2) is 14.2. The standard InChI is InChI=1S/C39H59N5O3SSi2/c1-37(2,3)48(45)43-36(29-22-31(23-29)47-50(12,13)39(7,8)9)33-18-15-17-32(42-33)27-20-21-28-25-40-44(34(28)24-27)35-19-14-16-30(41-35)26-46-49(10,11)38(4,5)6/h14-21,24-25,29,31,36,43H,22-23,26H2,1-13H3/t29?,31?,36-,48-/m1/s1. The highest BCUT2D eigenvalue weighted by molar-refractivity contribution is 7.90. The van der Waals surface area contributed by atoms with Crippen LogP contribution in [0.25, 0.3) is 28.0 Å². The first-order valence-electron chi connectivity index (χ1n) is 18.0. The summed E-state index contributed by atoms with van der Waals surface area (Å²) in [7, 11) is -3.79. The molecule has 2 atom stereocenters. The molecule has 1 aliphatic rings. The van der Waals surface area contributed by atoms with Gasteiger partial charge in [-0.2, -0.15) is 5.10 Å². The van der Waals surface area contributed by atoms with E-state index < -0.39 is 32.7 Å². The van der Waals surface area contributed by atoms with Crippen molar-refractivity contribution >= 4 is 38.9 Å². The van der Waals surface area contributed by atoms with Crippen molar-refractivity contribution in [1.82, 2.24) is 24.5 Å². The van der Waals surface area contributed by atoms with Gasteiger partial charge in [0, 0.05) is 28.4 Å². The molecule has 1 aliphatic carbocycles. The fourth-order valence-electron chi connectivity index (χ4n) is 5.54. The number of nitrogens with one attached hydrogen (secondary N) is 1. The minimum absolute atomic E-state index is 0.129. The maximum Gasteiger partial charge on any atom is 0.192 e. The van der Waals surface area contributed by atoms with Crippen LogP contribution in [0.15, 0.2) is 60.8 Å². The molecule has 1 N–H and O–H groups in total. The van der Waals surface area contributed by atoms with E-state index >= 15 is 0 Å². The molecule has 1 fully saturated rings. The summed E-state index contributed by atoms with van der Waals surface area (Å²) in [6, 6.07) is 18.4. The zero-order valence-corrected chi connectivity index (χ0v) is 35.4. The molecule has 0 aliphatic heterocycles. The highest BCUT2D eigenvalue weighted by Crippen LogP contribution is 2.45. The van der Waals surface area contributed by atoms with Gasteiger partial charge in [0.25, 0.3) is 0 Å². The maximum atomic E-state index is 13.5. The van der Waals surface area contributed by atoms with E-state index in [0.717, 1.165) is 52.2 Å². The van der Waals surface area contributed by atoms with Crippen LogP contribution in [0.4, 0.5) is 0 Å². The minimum Gasteiger partial charge on any atom is -0.598 e. The van der Waals surface area contributed by atoms with Crippen molar-refractivity contribution in [2.24, 2.45) is 5.92 Å². The molecule has 0 unspecified atom stereocenters. The minimum atomic E-state index is -1.91. The Morgan fingerprint density at radius 2 is 1.54 bits per heavy atom. The van der Waals surface area contributed by atoms with Gasteiger partial charge in [0.2, 0.25) is 0 Å². The Morgan fingerprint density at radius 3 is 2.18 bits per heavy atom. The van der Waals surface area contributed by atoms with Crippen molar-refractivity contribution < 1.29 is 13.4 Å². The van der Waals surface area contributed by atoms with E-state index in [-0.39, 0.29) is 28.1 Å². The van der Waals surface area contributed by atoms with Gasteiger partial charge in [-0.3, -0.25) is 4.98 Å².